The average molecular weight is 1160 g/mol. The molecule has 8 aliphatic rings. The summed E-state index contributed by atoms with van der Waals surface area (Å²) >= 11 is 6.58. The molecule has 0 bridgehead atoms. The van der Waals surface area contributed by atoms with Crippen molar-refractivity contribution in [2.75, 3.05) is 74.4 Å². The van der Waals surface area contributed by atoms with E-state index in [1.165, 1.54) is 16.7 Å². The number of carbonyl (C=O) groups is 8. The van der Waals surface area contributed by atoms with E-state index in [-0.39, 0.29) is 104 Å². The molecular weight excluding hydrogens is 1100 g/mol. The van der Waals surface area contributed by atoms with Crippen molar-refractivity contribution >= 4 is 107 Å². The molecule has 8 N–H and O–H groups in total. The summed E-state index contributed by atoms with van der Waals surface area (Å²) in [5.41, 5.74) is 6.23. The number of likely N-dealkylation sites (N-methyl/N-ethyl adjacent to an activating group) is 2. The lowest BCUT2D eigenvalue weighted by molar-refractivity contribution is -0.602. The number of aromatic amines is 2. The highest BCUT2D eigenvalue weighted by atomic mass is 35.5. The van der Waals surface area contributed by atoms with Crippen molar-refractivity contribution in [1.29, 1.82) is 0 Å². The molecule has 6 unspecified atom stereocenters. The summed E-state index contributed by atoms with van der Waals surface area (Å²) in [6.45, 7) is 8.98. The molecule has 0 spiro atoms. The quantitative estimate of drug-likeness (QED) is 0.0431. The molecule has 5 aliphatic heterocycles. The van der Waals surface area contributed by atoms with E-state index in [1.807, 2.05) is 36.0 Å². The van der Waals surface area contributed by atoms with Crippen LogP contribution in [0, 0.1) is 42.9 Å². The molecule has 6 atom stereocenters. The smallest absolute Gasteiger partial charge is 0.415 e. The van der Waals surface area contributed by atoms with Gasteiger partial charge in [-0.3, -0.25) is 33.7 Å². The van der Waals surface area contributed by atoms with Crippen LogP contribution in [0.5, 0.6) is 11.5 Å². The van der Waals surface area contributed by atoms with E-state index in [2.05, 4.69) is 36.1 Å². The molecule has 26 heteroatoms. The number of hydrogen-bond acceptors (Lipinski definition) is 14. The van der Waals surface area contributed by atoms with Gasteiger partial charge in [-0.05, 0) is 72.1 Å². The molecule has 82 heavy (non-hydrogen) atoms. The largest absolute Gasteiger partial charge is 0.445 e. The molecule has 7 heterocycles. The molecule has 6 fully saturated rings. The highest BCUT2D eigenvalue weighted by Crippen LogP contribution is 3.00. The number of nitrogens with zero attached hydrogens (tertiary/aromatic N) is 5. The van der Waals surface area contributed by atoms with Gasteiger partial charge in [-0.1, -0.05) is 26.0 Å². The summed E-state index contributed by atoms with van der Waals surface area (Å²) in [5, 5.41) is 11.9. The lowest BCUT2D eigenvalue weighted by Gasteiger charge is -3.10. The Morgan fingerprint density at radius 3 is 2.07 bits per heavy atom. The third-order valence-corrected chi connectivity index (χ3v) is 19.0. The van der Waals surface area contributed by atoms with Gasteiger partial charge in [0.25, 0.3) is 0 Å². The van der Waals surface area contributed by atoms with Crippen molar-refractivity contribution in [3.05, 3.63) is 76.6 Å². The number of rotatable bonds is 19. The number of amides is 8. The van der Waals surface area contributed by atoms with Gasteiger partial charge in [-0.25, -0.2) is 9.59 Å². The number of benzene rings is 3. The van der Waals surface area contributed by atoms with E-state index in [0.29, 0.717) is 59.0 Å². The van der Waals surface area contributed by atoms with E-state index in [9.17, 15) is 43.3 Å². The molecule has 13 rings (SSSR count). The van der Waals surface area contributed by atoms with Crippen LogP contribution in [0.4, 0.5) is 26.7 Å². The molecule has 3 aromatic carbocycles. The number of carbonyl (C=O) groups excluding carboxylic acids is 8. The van der Waals surface area contributed by atoms with E-state index >= 15 is 4.79 Å². The molecule has 2 aromatic heterocycles. The summed E-state index contributed by atoms with van der Waals surface area (Å²) in [6.07, 6.45) is 2.98. The molecule has 0 radical (unpaired) electrons. The fourth-order valence-electron chi connectivity index (χ4n) is 14.7. The van der Waals surface area contributed by atoms with Gasteiger partial charge in [-0.2, -0.15) is 0 Å². The lowest BCUT2D eigenvalue weighted by Crippen LogP contribution is -3.24. The number of piperidine rings is 12. The summed E-state index contributed by atoms with van der Waals surface area (Å²) in [7, 11) is 0.382. The van der Waals surface area contributed by atoms with E-state index in [0.717, 1.165) is 33.0 Å². The Balaban J connectivity index is 0.635. The number of nitrogens with one attached hydrogen (secondary N) is 6. The van der Waals surface area contributed by atoms with Crippen LogP contribution in [-0.2, 0) is 46.5 Å². The summed E-state index contributed by atoms with van der Waals surface area (Å²) in [4.78, 5) is 140. The number of ether oxygens (including phenoxy) is 2. The second kappa shape index (κ2) is 20.1. The minimum Gasteiger partial charge on any atom is -0.445 e. The van der Waals surface area contributed by atoms with Gasteiger partial charge in [0.05, 0.1) is 40.9 Å². The molecule has 432 valence electrons. The van der Waals surface area contributed by atoms with Gasteiger partial charge >= 0.3 is 20.8 Å². The minimum atomic E-state index is -2.72. The Morgan fingerprint density at radius 1 is 0.817 bits per heavy atom. The summed E-state index contributed by atoms with van der Waals surface area (Å²) in [6, 6.07) is 9.02. The van der Waals surface area contributed by atoms with Crippen molar-refractivity contribution in [2.24, 2.45) is 29.1 Å². The van der Waals surface area contributed by atoms with Crippen LogP contribution in [-0.4, -0.2) is 165 Å². The monoisotopic (exact) mass is 1160 g/mol. The molecule has 3 aliphatic carbocycles. The maximum Gasteiger partial charge on any atom is 0.415 e. The third-order valence-electron chi connectivity index (χ3n) is 18.3. The first-order valence-corrected chi connectivity index (χ1v) is 29.0. The van der Waals surface area contributed by atoms with E-state index in [1.54, 1.807) is 64.3 Å². The predicted molar refractivity (Wildman–Crippen MR) is 300 cm³/mol. The van der Waals surface area contributed by atoms with Gasteiger partial charge in [0.1, 0.15) is 18.2 Å². The van der Waals surface area contributed by atoms with Crippen LogP contribution in [0.3, 0.4) is 0 Å². The summed E-state index contributed by atoms with van der Waals surface area (Å²) in [5.74, 6) is -1.41. The third kappa shape index (κ3) is 7.98. The SMILES string of the molecule is CC(=O)NCC(=O)NC(C(=O)NCC(=O)Nc1ccc(COC(=O)N(C)CCN(C)C(=O)Oc2cc3c(c4c(C)c[nH]c24)CCN3C(=O)C23C4C5C2C2N3C4C52C(=O)N2CC(CCl)c3c2cc(OP(O)O)c2[nH]cc(C)c32)cc1)C(C)C. The second-order valence-corrected chi connectivity index (χ2v) is 24.0. The first kappa shape index (κ1) is 55.1. The summed E-state index contributed by atoms with van der Waals surface area (Å²) < 4.78 is 17.1. The number of H-pyrrole nitrogens is 2. The number of halogens is 1. The topological polar surface area (TPSA) is 301 Å². The van der Waals surface area contributed by atoms with Gasteiger partial charge in [0, 0.05) is 124 Å². The van der Waals surface area contributed by atoms with Crippen molar-refractivity contribution < 1.29 is 62.1 Å². The molecule has 3 saturated heterocycles. The van der Waals surface area contributed by atoms with E-state index < -0.39 is 55.5 Å². The first-order valence-electron chi connectivity index (χ1n) is 27.3. The Labute approximate surface area is 476 Å². The fraction of sp³-hybridized carbons (Fsp3) is 0.464. The molecule has 5 aromatic rings. The highest BCUT2D eigenvalue weighted by Gasteiger charge is 3.13. The number of anilines is 3. The fourth-order valence-corrected chi connectivity index (χ4v) is 15.3. The van der Waals surface area contributed by atoms with Crippen molar-refractivity contribution in [3.8, 4) is 11.5 Å². The zero-order valence-corrected chi connectivity index (χ0v) is 47.7. The Kier molecular flexibility index (Phi) is 13.5. The maximum atomic E-state index is 15.0. The number of hydrogen-bond donors (Lipinski definition) is 8. The normalized spacial score (nSPS) is 24.7. The standard InChI is InChI=1S/C56H63ClN11O13P/c1-25(2)45(63-38(71)21-58-28(5)69)50(72)61-22-37(70)62-31-10-8-29(9-11-31)24-79-53(75)64(6)14-15-65(7)54(76)80-35-16-33-32(39-26(3)19-59-46(35)39)12-13-66(33)52(74)56-43-42-44(56)49-55(42,48(43)68(49)56)51(73)67-23-30(18-57)41-34(67)17-36(81-82(77)78)47-40(41)27(4)20-60-47/h8-11,16-17,19-20,25,30,42-45,48-49,59-60,77-78H,12-15,18,21-24H2,1-7H3,(H,58,69)(H,61,72)(H,62,70)(H,63,71). The lowest BCUT2D eigenvalue weighted by atomic mass is 9.06. The van der Waals surface area contributed by atoms with Gasteiger partial charge in [-0.15, -0.1) is 11.6 Å². The van der Waals surface area contributed by atoms with E-state index in [4.69, 9.17) is 25.6 Å². The Hall–Kier alpha value is -7.50. The van der Waals surface area contributed by atoms with Gasteiger partial charge in [0.2, 0.25) is 35.4 Å². The van der Waals surface area contributed by atoms with Crippen LogP contribution >= 0.6 is 20.2 Å². The van der Waals surface area contributed by atoms with Crippen molar-refractivity contribution in [2.45, 2.75) is 77.2 Å². The Morgan fingerprint density at radius 2 is 1.45 bits per heavy atom. The molecule has 24 nitrogen and oxygen atoms in total. The zero-order valence-electron chi connectivity index (χ0n) is 46.0. The zero-order chi connectivity index (χ0) is 58.2. The van der Waals surface area contributed by atoms with Crippen molar-refractivity contribution in [1.82, 2.24) is 40.6 Å². The number of aromatic nitrogens is 2. The van der Waals surface area contributed by atoms with Crippen LogP contribution in [0.15, 0.2) is 48.8 Å². The van der Waals surface area contributed by atoms with Crippen LogP contribution in [0.1, 0.15) is 54.5 Å². The number of aryl methyl sites for hydroxylation is 2. The molecular formula is C56H63ClN11O13P. The van der Waals surface area contributed by atoms with Gasteiger partial charge in [0.15, 0.2) is 11.5 Å². The average Bonchev–Trinajstić information content (AvgIpc) is 0.585. The van der Waals surface area contributed by atoms with Crippen LogP contribution in [0.25, 0.3) is 21.8 Å². The first-order chi connectivity index (χ1) is 39.1. The number of alkyl halides is 1. The molecule has 8 amide bonds. The second-order valence-electron chi connectivity index (χ2n) is 23.0. The Bertz CT molecular complexity index is 3510. The number of fused-ring (bicyclic) bond motifs is 6. The molecule has 3 saturated carbocycles. The predicted octanol–water partition coefficient (Wildman–Crippen LogP) is 3.83. The maximum absolute atomic E-state index is 15.0. The van der Waals surface area contributed by atoms with Crippen LogP contribution < -0.4 is 40.3 Å². The van der Waals surface area contributed by atoms with Crippen molar-refractivity contribution in [3.63, 3.8) is 0 Å². The van der Waals surface area contributed by atoms with Gasteiger partial charge < -0.3 is 74.6 Å². The van der Waals surface area contributed by atoms with Crippen LogP contribution in [0.2, 0.25) is 0 Å². The highest BCUT2D eigenvalue weighted by molar-refractivity contribution is 7.39. The minimum absolute atomic E-state index is 0.0115.